The van der Waals surface area contributed by atoms with E-state index in [1.807, 2.05) is 31.2 Å². The molecule has 3 nitrogen and oxygen atoms in total. The highest BCUT2D eigenvalue weighted by Crippen LogP contribution is 2.26. The Labute approximate surface area is 102 Å². The molecule has 0 saturated heterocycles. The number of anilines is 1. The van der Waals surface area contributed by atoms with E-state index in [1.54, 1.807) is 0 Å². The average Bonchev–Trinajstić information content (AvgIpc) is 2.83. The lowest BCUT2D eigenvalue weighted by atomic mass is 10.1. The van der Waals surface area contributed by atoms with Crippen LogP contribution in [0.3, 0.4) is 0 Å². The fourth-order valence-corrected chi connectivity index (χ4v) is 2.26. The van der Waals surface area contributed by atoms with E-state index in [1.165, 1.54) is 12.8 Å². The molecule has 0 spiro atoms. The third-order valence-electron chi connectivity index (χ3n) is 3.14. The van der Waals surface area contributed by atoms with Crippen LogP contribution in [0.5, 0.6) is 5.75 Å². The SMILES string of the molecule is CCOc1cccc(NC(=O)C2CCCC2)c1. The summed E-state index contributed by atoms with van der Waals surface area (Å²) in [6, 6.07) is 7.57. The number of nitrogens with one attached hydrogen (secondary N) is 1. The summed E-state index contributed by atoms with van der Waals surface area (Å²) in [5.41, 5.74) is 0.827. The summed E-state index contributed by atoms with van der Waals surface area (Å²) in [5.74, 6) is 1.15. The third kappa shape index (κ3) is 3.22. The van der Waals surface area contributed by atoms with Gasteiger partial charge in [0, 0.05) is 17.7 Å². The molecule has 1 aromatic carbocycles. The Hall–Kier alpha value is -1.51. The van der Waals surface area contributed by atoms with Crippen molar-refractivity contribution in [2.24, 2.45) is 5.92 Å². The van der Waals surface area contributed by atoms with Crippen LogP contribution in [0.25, 0.3) is 0 Å². The number of ether oxygens (including phenoxy) is 1. The Kier molecular flexibility index (Phi) is 4.02. The van der Waals surface area contributed by atoms with Gasteiger partial charge in [0.15, 0.2) is 0 Å². The molecule has 0 aliphatic heterocycles. The maximum absolute atomic E-state index is 11.9. The second-order valence-corrected chi connectivity index (χ2v) is 4.43. The van der Waals surface area contributed by atoms with Crippen LogP contribution in [0.4, 0.5) is 5.69 Å². The Morgan fingerprint density at radius 3 is 2.88 bits per heavy atom. The Bertz CT molecular complexity index is 384. The standard InChI is InChI=1S/C14H19NO2/c1-2-17-13-9-5-8-12(10-13)15-14(16)11-6-3-4-7-11/h5,8-11H,2-4,6-7H2,1H3,(H,15,16). The minimum atomic E-state index is 0.149. The smallest absolute Gasteiger partial charge is 0.227 e. The molecule has 1 saturated carbocycles. The molecule has 0 atom stereocenters. The van der Waals surface area contributed by atoms with Gasteiger partial charge < -0.3 is 10.1 Å². The first-order valence-corrected chi connectivity index (χ1v) is 6.33. The first-order chi connectivity index (χ1) is 8.29. The van der Waals surface area contributed by atoms with E-state index in [9.17, 15) is 4.79 Å². The maximum Gasteiger partial charge on any atom is 0.227 e. The molecule has 1 aromatic rings. The molecule has 1 aliphatic rings. The second-order valence-electron chi connectivity index (χ2n) is 4.43. The summed E-state index contributed by atoms with van der Waals surface area (Å²) < 4.78 is 5.40. The van der Waals surface area contributed by atoms with Crippen molar-refractivity contribution in [3.63, 3.8) is 0 Å². The minimum absolute atomic E-state index is 0.149. The highest BCUT2D eigenvalue weighted by Gasteiger charge is 2.22. The zero-order valence-corrected chi connectivity index (χ0v) is 10.2. The van der Waals surface area contributed by atoms with Crippen molar-refractivity contribution in [3.05, 3.63) is 24.3 Å². The summed E-state index contributed by atoms with van der Waals surface area (Å²) in [6.07, 6.45) is 4.40. The number of rotatable bonds is 4. The molecule has 1 fully saturated rings. The average molecular weight is 233 g/mol. The number of carbonyl (C=O) groups is 1. The summed E-state index contributed by atoms with van der Waals surface area (Å²) in [7, 11) is 0. The number of hydrogen-bond donors (Lipinski definition) is 1. The predicted octanol–water partition coefficient (Wildman–Crippen LogP) is 3.21. The molecular weight excluding hydrogens is 214 g/mol. The van der Waals surface area contributed by atoms with Crippen molar-refractivity contribution in [1.29, 1.82) is 0 Å². The first-order valence-electron chi connectivity index (χ1n) is 6.33. The van der Waals surface area contributed by atoms with Crippen molar-refractivity contribution in [2.45, 2.75) is 32.6 Å². The number of carbonyl (C=O) groups excluding carboxylic acids is 1. The summed E-state index contributed by atoms with van der Waals surface area (Å²) in [4.78, 5) is 11.9. The van der Waals surface area contributed by atoms with E-state index in [-0.39, 0.29) is 11.8 Å². The second kappa shape index (κ2) is 5.71. The lowest BCUT2D eigenvalue weighted by molar-refractivity contribution is -0.119. The molecular formula is C14H19NO2. The van der Waals surface area contributed by atoms with E-state index in [4.69, 9.17) is 4.74 Å². The lowest BCUT2D eigenvalue weighted by Crippen LogP contribution is -2.20. The first kappa shape index (κ1) is 12.0. The van der Waals surface area contributed by atoms with Crippen LogP contribution < -0.4 is 10.1 Å². The molecule has 2 rings (SSSR count). The quantitative estimate of drug-likeness (QED) is 0.867. The van der Waals surface area contributed by atoms with E-state index in [0.717, 1.165) is 24.3 Å². The van der Waals surface area contributed by atoms with E-state index < -0.39 is 0 Å². The largest absolute Gasteiger partial charge is 0.494 e. The van der Waals surface area contributed by atoms with Crippen molar-refractivity contribution in [2.75, 3.05) is 11.9 Å². The number of hydrogen-bond acceptors (Lipinski definition) is 2. The van der Waals surface area contributed by atoms with Gasteiger partial charge in [-0.1, -0.05) is 18.9 Å². The fraction of sp³-hybridized carbons (Fsp3) is 0.500. The van der Waals surface area contributed by atoms with E-state index in [0.29, 0.717) is 6.61 Å². The zero-order valence-electron chi connectivity index (χ0n) is 10.2. The van der Waals surface area contributed by atoms with Gasteiger partial charge in [0.1, 0.15) is 5.75 Å². The van der Waals surface area contributed by atoms with Gasteiger partial charge in [-0.15, -0.1) is 0 Å². The third-order valence-corrected chi connectivity index (χ3v) is 3.14. The van der Waals surface area contributed by atoms with Gasteiger partial charge in [-0.25, -0.2) is 0 Å². The molecule has 1 N–H and O–H groups in total. The fourth-order valence-electron chi connectivity index (χ4n) is 2.26. The molecule has 0 unspecified atom stereocenters. The molecule has 0 heterocycles. The van der Waals surface area contributed by atoms with Crippen molar-refractivity contribution < 1.29 is 9.53 Å². The highest BCUT2D eigenvalue weighted by atomic mass is 16.5. The van der Waals surface area contributed by atoms with Gasteiger partial charge >= 0.3 is 0 Å². The Balaban J connectivity index is 1.97. The van der Waals surface area contributed by atoms with E-state index >= 15 is 0 Å². The summed E-state index contributed by atoms with van der Waals surface area (Å²) in [6.45, 7) is 2.59. The van der Waals surface area contributed by atoms with Gasteiger partial charge in [-0.2, -0.15) is 0 Å². The summed E-state index contributed by atoms with van der Waals surface area (Å²) >= 11 is 0. The normalized spacial score (nSPS) is 15.8. The van der Waals surface area contributed by atoms with Crippen LogP contribution in [-0.4, -0.2) is 12.5 Å². The van der Waals surface area contributed by atoms with Crippen molar-refractivity contribution in [1.82, 2.24) is 0 Å². The van der Waals surface area contributed by atoms with Gasteiger partial charge in [0.25, 0.3) is 0 Å². The molecule has 0 bridgehead atoms. The molecule has 17 heavy (non-hydrogen) atoms. The van der Waals surface area contributed by atoms with Crippen LogP contribution in [0.2, 0.25) is 0 Å². The van der Waals surface area contributed by atoms with E-state index in [2.05, 4.69) is 5.32 Å². The van der Waals surface area contributed by atoms with Gasteiger partial charge in [0.05, 0.1) is 6.61 Å². The molecule has 92 valence electrons. The van der Waals surface area contributed by atoms with Crippen LogP contribution in [-0.2, 0) is 4.79 Å². The van der Waals surface area contributed by atoms with Crippen molar-refractivity contribution in [3.8, 4) is 5.75 Å². The molecule has 0 aromatic heterocycles. The highest BCUT2D eigenvalue weighted by molar-refractivity contribution is 5.92. The maximum atomic E-state index is 11.9. The number of benzene rings is 1. The molecule has 3 heteroatoms. The van der Waals surface area contributed by atoms with Gasteiger partial charge in [0.2, 0.25) is 5.91 Å². The van der Waals surface area contributed by atoms with Crippen molar-refractivity contribution >= 4 is 11.6 Å². The summed E-state index contributed by atoms with van der Waals surface area (Å²) in [5, 5.41) is 2.96. The predicted molar refractivity (Wildman–Crippen MR) is 68.2 cm³/mol. The van der Waals surface area contributed by atoms with Crippen LogP contribution in [0, 0.1) is 5.92 Å². The Morgan fingerprint density at radius 1 is 1.41 bits per heavy atom. The number of amides is 1. The minimum Gasteiger partial charge on any atom is -0.494 e. The Morgan fingerprint density at radius 2 is 2.18 bits per heavy atom. The van der Waals surface area contributed by atoms with Crippen LogP contribution >= 0.6 is 0 Å². The topological polar surface area (TPSA) is 38.3 Å². The zero-order chi connectivity index (χ0) is 12.1. The lowest BCUT2D eigenvalue weighted by Gasteiger charge is -2.11. The van der Waals surface area contributed by atoms with Gasteiger partial charge in [-0.05, 0) is 31.9 Å². The molecule has 1 aliphatic carbocycles. The van der Waals surface area contributed by atoms with Crippen LogP contribution in [0.15, 0.2) is 24.3 Å². The van der Waals surface area contributed by atoms with Crippen LogP contribution in [0.1, 0.15) is 32.6 Å². The molecule has 0 radical (unpaired) electrons. The van der Waals surface area contributed by atoms with Gasteiger partial charge in [-0.3, -0.25) is 4.79 Å². The molecule has 1 amide bonds. The monoisotopic (exact) mass is 233 g/mol.